The van der Waals surface area contributed by atoms with Gasteiger partial charge in [0.15, 0.2) is 0 Å². The van der Waals surface area contributed by atoms with Crippen molar-refractivity contribution >= 4 is 10.8 Å². The van der Waals surface area contributed by atoms with Crippen molar-refractivity contribution < 1.29 is 5.11 Å². The van der Waals surface area contributed by atoms with E-state index in [2.05, 4.69) is 37.0 Å². The van der Waals surface area contributed by atoms with Gasteiger partial charge >= 0.3 is 0 Å². The van der Waals surface area contributed by atoms with Crippen molar-refractivity contribution in [2.75, 3.05) is 0 Å². The molecule has 2 aromatic rings. The molecule has 0 aliphatic rings. The summed E-state index contributed by atoms with van der Waals surface area (Å²) in [4.78, 5) is 0. The third-order valence-corrected chi connectivity index (χ3v) is 3.24. The Morgan fingerprint density at radius 2 is 1.84 bits per heavy atom. The fourth-order valence-electron chi connectivity index (χ4n) is 2.16. The minimum absolute atomic E-state index is 0.509. The van der Waals surface area contributed by atoms with Crippen molar-refractivity contribution in [3.63, 3.8) is 0 Å². The van der Waals surface area contributed by atoms with E-state index < -0.39 is 6.10 Å². The molecular formula is C18H20O. The molecule has 19 heavy (non-hydrogen) atoms. The Hall–Kier alpha value is -1.78. The summed E-state index contributed by atoms with van der Waals surface area (Å²) in [6.45, 7) is 2.16. The van der Waals surface area contributed by atoms with Gasteiger partial charge in [-0.15, -0.1) is 0 Å². The molecule has 1 heteroatoms. The van der Waals surface area contributed by atoms with E-state index in [1.807, 2.05) is 24.3 Å². The Morgan fingerprint density at radius 3 is 2.68 bits per heavy atom. The molecule has 0 amide bonds. The smallest absolute Gasteiger partial charge is 0.115 e. The van der Waals surface area contributed by atoms with E-state index in [-0.39, 0.29) is 0 Å². The van der Waals surface area contributed by atoms with E-state index in [0.29, 0.717) is 0 Å². The standard InChI is InChI=1S/C18H20O/c1-2-3-4-11-17(19)14-13-16-10-7-9-15-8-5-6-12-18(15)16/h5-10,12,17,19H,2-4,11H2,1H3. The second kappa shape index (κ2) is 6.97. The van der Waals surface area contributed by atoms with E-state index in [1.54, 1.807) is 0 Å². The maximum atomic E-state index is 9.84. The quantitative estimate of drug-likeness (QED) is 0.640. The van der Waals surface area contributed by atoms with Crippen LogP contribution in [0.25, 0.3) is 10.8 Å². The average Bonchev–Trinajstić information content (AvgIpc) is 2.45. The molecule has 1 N–H and O–H groups in total. The first-order valence-corrected chi connectivity index (χ1v) is 6.98. The molecule has 0 bridgehead atoms. The highest BCUT2D eigenvalue weighted by Crippen LogP contribution is 2.17. The van der Waals surface area contributed by atoms with Crippen LogP contribution in [-0.2, 0) is 0 Å². The first-order chi connectivity index (χ1) is 9.31. The zero-order chi connectivity index (χ0) is 13.5. The summed E-state index contributed by atoms with van der Waals surface area (Å²) >= 11 is 0. The molecule has 0 heterocycles. The number of aliphatic hydroxyl groups is 1. The van der Waals surface area contributed by atoms with Gasteiger partial charge in [-0.2, -0.15) is 0 Å². The third kappa shape index (κ3) is 3.84. The summed E-state index contributed by atoms with van der Waals surface area (Å²) in [5.41, 5.74) is 0.993. The van der Waals surface area contributed by atoms with Crippen LogP contribution in [0.1, 0.15) is 38.2 Å². The summed E-state index contributed by atoms with van der Waals surface area (Å²) in [6, 6.07) is 14.3. The molecule has 0 aliphatic carbocycles. The van der Waals surface area contributed by atoms with E-state index in [9.17, 15) is 5.11 Å². The molecule has 0 radical (unpaired) electrons. The second-order valence-corrected chi connectivity index (χ2v) is 4.81. The van der Waals surface area contributed by atoms with E-state index in [4.69, 9.17) is 0 Å². The average molecular weight is 252 g/mol. The van der Waals surface area contributed by atoms with Crippen molar-refractivity contribution in [1.29, 1.82) is 0 Å². The SMILES string of the molecule is CCCCCC(O)C#Cc1cccc2ccccc12. The summed E-state index contributed by atoms with van der Waals surface area (Å²) in [7, 11) is 0. The van der Waals surface area contributed by atoms with Gasteiger partial charge in [0.05, 0.1) is 0 Å². The van der Waals surface area contributed by atoms with E-state index in [1.165, 1.54) is 11.8 Å². The number of unbranched alkanes of at least 4 members (excludes halogenated alkanes) is 2. The molecule has 1 atom stereocenters. The Morgan fingerprint density at radius 1 is 1.05 bits per heavy atom. The summed E-state index contributed by atoms with van der Waals surface area (Å²) in [6.07, 6.45) is 3.63. The fourth-order valence-corrected chi connectivity index (χ4v) is 2.16. The Labute approximate surface area is 115 Å². The van der Waals surface area contributed by atoms with Crippen LogP contribution in [0.4, 0.5) is 0 Å². The van der Waals surface area contributed by atoms with Crippen LogP contribution in [0.3, 0.4) is 0 Å². The third-order valence-electron chi connectivity index (χ3n) is 3.24. The van der Waals surface area contributed by atoms with Gasteiger partial charge in [-0.3, -0.25) is 0 Å². The van der Waals surface area contributed by atoms with Crippen LogP contribution < -0.4 is 0 Å². The maximum absolute atomic E-state index is 9.84. The van der Waals surface area contributed by atoms with E-state index >= 15 is 0 Å². The second-order valence-electron chi connectivity index (χ2n) is 4.81. The van der Waals surface area contributed by atoms with Gasteiger partial charge in [-0.05, 0) is 29.7 Å². The number of hydrogen-bond donors (Lipinski definition) is 1. The summed E-state index contributed by atoms with van der Waals surface area (Å²) in [5.74, 6) is 6.07. The van der Waals surface area contributed by atoms with E-state index in [0.717, 1.165) is 30.2 Å². The van der Waals surface area contributed by atoms with Gasteiger partial charge in [0.1, 0.15) is 6.10 Å². The molecule has 0 fully saturated rings. The molecule has 0 saturated heterocycles. The summed E-state index contributed by atoms with van der Waals surface area (Å²) < 4.78 is 0. The number of aliphatic hydroxyl groups excluding tert-OH is 1. The van der Waals surface area contributed by atoms with Crippen LogP contribution in [0, 0.1) is 11.8 Å². The highest BCUT2D eigenvalue weighted by molar-refractivity contribution is 5.88. The van der Waals surface area contributed by atoms with Crippen LogP contribution in [-0.4, -0.2) is 11.2 Å². The number of rotatable bonds is 4. The Kier molecular flexibility index (Phi) is 5.01. The lowest BCUT2D eigenvalue weighted by Crippen LogP contribution is -2.02. The predicted octanol–water partition coefficient (Wildman–Crippen LogP) is 4.13. The number of benzene rings is 2. The zero-order valence-electron chi connectivity index (χ0n) is 11.4. The highest BCUT2D eigenvalue weighted by Gasteiger charge is 1.99. The molecule has 0 aliphatic heterocycles. The first kappa shape index (κ1) is 13.6. The fraction of sp³-hybridized carbons (Fsp3) is 0.333. The van der Waals surface area contributed by atoms with Gasteiger partial charge in [-0.25, -0.2) is 0 Å². The lowest BCUT2D eigenvalue weighted by molar-refractivity contribution is 0.217. The topological polar surface area (TPSA) is 20.2 Å². The van der Waals surface area contributed by atoms with Crippen LogP contribution in [0.15, 0.2) is 42.5 Å². The van der Waals surface area contributed by atoms with Gasteiger partial charge in [0.25, 0.3) is 0 Å². The molecule has 2 aromatic carbocycles. The lowest BCUT2D eigenvalue weighted by atomic mass is 10.0. The molecule has 1 unspecified atom stereocenters. The van der Waals surface area contributed by atoms with Gasteiger partial charge in [0.2, 0.25) is 0 Å². The minimum atomic E-state index is -0.509. The summed E-state index contributed by atoms with van der Waals surface area (Å²) in [5, 5.41) is 12.2. The predicted molar refractivity (Wildman–Crippen MR) is 81.0 cm³/mol. The normalized spacial score (nSPS) is 11.9. The van der Waals surface area contributed by atoms with Crippen molar-refractivity contribution in [3.05, 3.63) is 48.0 Å². The van der Waals surface area contributed by atoms with Gasteiger partial charge in [0, 0.05) is 5.56 Å². The molecule has 0 spiro atoms. The number of fused-ring (bicyclic) bond motifs is 1. The molecular weight excluding hydrogens is 232 g/mol. The molecule has 2 rings (SSSR count). The number of hydrogen-bond acceptors (Lipinski definition) is 1. The van der Waals surface area contributed by atoms with Crippen molar-refractivity contribution in [1.82, 2.24) is 0 Å². The van der Waals surface area contributed by atoms with Gasteiger partial charge in [-0.1, -0.05) is 68.0 Å². The molecule has 0 saturated carbocycles. The lowest BCUT2D eigenvalue weighted by Gasteiger charge is -2.02. The zero-order valence-corrected chi connectivity index (χ0v) is 11.4. The van der Waals surface area contributed by atoms with Crippen molar-refractivity contribution in [2.24, 2.45) is 0 Å². The van der Waals surface area contributed by atoms with Crippen LogP contribution >= 0.6 is 0 Å². The van der Waals surface area contributed by atoms with Crippen LogP contribution in [0.5, 0.6) is 0 Å². The van der Waals surface area contributed by atoms with Crippen LogP contribution in [0.2, 0.25) is 0 Å². The molecule has 0 aromatic heterocycles. The van der Waals surface area contributed by atoms with Crippen molar-refractivity contribution in [3.8, 4) is 11.8 Å². The van der Waals surface area contributed by atoms with Crippen molar-refractivity contribution in [2.45, 2.75) is 38.7 Å². The monoisotopic (exact) mass is 252 g/mol. The maximum Gasteiger partial charge on any atom is 0.115 e. The Bertz CT molecular complexity index is 584. The minimum Gasteiger partial charge on any atom is -0.380 e. The first-order valence-electron chi connectivity index (χ1n) is 6.98. The largest absolute Gasteiger partial charge is 0.380 e. The molecule has 98 valence electrons. The molecule has 1 nitrogen and oxygen atoms in total. The highest BCUT2D eigenvalue weighted by atomic mass is 16.3. The Balaban J connectivity index is 2.13. The van der Waals surface area contributed by atoms with Gasteiger partial charge < -0.3 is 5.11 Å².